The van der Waals surface area contributed by atoms with Crippen molar-refractivity contribution in [3.05, 3.63) is 24.8 Å². The average molecular weight is 269 g/mol. The van der Waals surface area contributed by atoms with E-state index in [0.717, 1.165) is 24.9 Å². The van der Waals surface area contributed by atoms with Crippen molar-refractivity contribution in [2.24, 2.45) is 0 Å². The number of aromatic nitrogens is 3. The van der Waals surface area contributed by atoms with Crippen LogP contribution in [-0.4, -0.2) is 39.8 Å². The van der Waals surface area contributed by atoms with Gasteiger partial charge >= 0.3 is 6.09 Å². The van der Waals surface area contributed by atoms with Crippen LogP contribution in [0, 0.1) is 0 Å². The molecule has 0 amide bonds. The molecule has 1 saturated heterocycles. The maximum atomic E-state index is 11.9. The molecule has 1 aliphatic rings. The normalized spacial score (nSPS) is 18.6. The molecule has 6 nitrogen and oxygen atoms in total. The zero-order chi connectivity index (χ0) is 11.7. The van der Waals surface area contributed by atoms with Crippen LogP contribution in [0.5, 0.6) is 0 Å². The van der Waals surface area contributed by atoms with Crippen LogP contribution in [0.15, 0.2) is 24.8 Å². The monoisotopic (exact) mass is 268 g/mol. The third-order valence-corrected chi connectivity index (χ3v) is 2.83. The lowest BCUT2D eigenvalue weighted by atomic mass is 10.3. The summed E-state index contributed by atoms with van der Waals surface area (Å²) in [6.07, 6.45) is 5.19. The van der Waals surface area contributed by atoms with Gasteiger partial charge in [-0.2, -0.15) is 0 Å². The number of fused-ring (bicyclic) bond motifs is 1. The number of nitrogens with one attached hydrogen (secondary N) is 1. The van der Waals surface area contributed by atoms with Gasteiger partial charge in [-0.3, -0.25) is 0 Å². The molecule has 3 heterocycles. The number of carbonyl (C=O) groups excluding carboxylic acids is 1. The Kier molecular flexibility index (Phi) is 3.78. The van der Waals surface area contributed by atoms with Crippen LogP contribution in [-0.2, 0) is 4.74 Å². The molecule has 2 aromatic rings. The summed E-state index contributed by atoms with van der Waals surface area (Å²) in [7, 11) is 0. The number of nitrogens with zero attached hydrogens (tertiary/aromatic N) is 3. The van der Waals surface area contributed by atoms with Crippen LogP contribution < -0.4 is 5.32 Å². The van der Waals surface area contributed by atoms with Gasteiger partial charge in [-0.25, -0.2) is 19.3 Å². The number of halogens is 1. The van der Waals surface area contributed by atoms with Crippen LogP contribution in [0.3, 0.4) is 0 Å². The first kappa shape index (κ1) is 12.8. The zero-order valence-corrected chi connectivity index (χ0v) is 10.4. The van der Waals surface area contributed by atoms with Gasteiger partial charge in [0.2, 0.25) is 0 Å². The van der Waals surface area contributed by atoms with Crippen molar-refractivity contribution >= 4 is 29.5 Å². The second kappa shape index (κ2) is 5.32. The molecular formula is C11H13ClN4O2. The Morgan fingerprint density at radius 3 is 3.22 bits per heavy atom. The lowest BCUT2D eigenvalue weighted by molar-refractivity contribution is 0.109. The van der Waals surface area contributed by atoms with Gasteiger partial charge < -0.3 is 10.1 Å². The van der Waals surface area contributed by atoms with E-state index in [9.17, 15) is 4.79 Å². The smallest absolute Gasteiger partial charge is 0.420 e. The van der Waals surface area contributed by atoms with Crippen LogP contribution in [0.25, 0.3) is 11.0 Å². The first-order valence-electron chi connectivity index (χ1n) is 5.53. The molecule has 0 radical (unpaired) electrons. The van der Waals surface area contributed by atoms with Gasteiger partial charge in [-0.1, -0.05) is 0 Å². The lowest BCUT2D eigenvalue weighted by Gasteiger charge is -2.10. The Hall–Kier alpha value is -1.66. The van der Waals surface area contributed by atoms with Gasteiger partial charge in [0, 0.05) is 24.3 Å². The van der Waals surface area contributed by atoms with Crippen molar-refractivity contribution in [3.8, 4) is 0 Å². The zero-order valence-electron chi connectivity index (χ0n) is 9.57. The van der Waals surface area contributed by atoms with Crippen molar-refractivity contribution in [1.82, 2.24) is 19.9 Å². The number of ether oxygens (including phenoxy) is 1. The summed E-state index contributed by atoms with van der Waals surface area (Å²) in [5, 5.41) is 3.98. The Labute approximate surface area is 110 Å². The van der Waals surface area contributed by atoms with E-state index < -0.39 is 0 Å². The standard InChI is InChI=1S/C11H12N4O2.ClH/c16-11(17-9-1-3-12-6-9)15-4-2-8-5-13-7-14-10(8)15;/h2,4-5,7,9,12H,1,3,6H2;1H. The Morgan fingerprint density at radius 2 is 2.44 bits per heavy atom. The molecule has 1 atom stereocenters. The minimum Gasteiger partial charge on any atom is -0.444 e. The quantitative estimate of drug-likeness (QED) is 0.842. The minimum absolute atomic E-state index is 0. The fourth-order valence-corrected chi connectivity index (χ4v) is 1.95. The Bertz CT molecular complexity index is 551. The summed E-state index contributed by atoms with van der Waals surface area (Å²) in [5.41, 5.74) is 0.580. The van der Waals surface area contributed by atoms with E-state index in [1.165, 1.54) is 10.9 Å². The largest absolute Gasteiger partial charge is 0.444 e. The molecule has 3 rings (SSSR count). The summed E-state index contributed by atoms with van der Waals surface area (Å²) in [6, 6.07) is 1.80. The fourth-order valence-electron chi connectivity index (χ4n) is 1.95. The van der Waals surface area contributed by atoms with Crippen molar-refractivity contribution in [1.29, 1.82) is 0 Å². The van der Waals surface area contributed by atoms with E-state index >= 15 is 0 Å². The number of carbonyl (C=O) groups is 1. The third-order valence-electron chi connectivity index (χ3n) is 2.83. The number of hydrogen-bond donors (Lipinski definition) is 1. The Balaban J connectivity index is 0.00000120. The van der Waals surface area contributed by atoms with Crippen molar-refractivity contribution in [2.45, 2.75) is 12.5 Å². The van der Waals surface area contributed by atoms with E-state index in [1.807, 2.05) is 0 Å². The average Bonchev–Trinajstić information content (AvgIpc) is 2.96. The van der Waals surface area contributed by atoms with Gasteiger partial charge in [0.15, 0.2) is 5.65 Å². The molecule has 18 heavy (non-hydrogen) atoms. The second-order valence-electron chi connectivity index (χ2n) is 3.99. The summed E-state index contributed by atoms with van der Waals surface area (Å²) in [6.45, 7) is 1.62. The summed E-state index contributed by atoms with van der Waals surface area (Å²) < 4.78 is 6.78. The first-order chi connectivity index (χ1) is 8.34. The van der Waals surface area contributed by atoms with E-state index in [1.54, 1.807) is 18.5 Å². The Morgan fingerprint density at radius 1 is 1.56 bits per heavy atom. The highest BCUT2D eigenvalue weighted by molar-refractivity contribution is 5.86. The van der Waals surface area contributed by atoms with Crippen LogP contribution >= 0.6 is 12.4 Å². The van der Waals surface area contributed by atoms with Crippen LogP contribution in [0.2, 0.25) is 0 Å². The maximum absolute atomic E-state index is 11.9. The molecule has 0 bridgehead atoms. The molecule has 96 valence electrons. The molecule has 1 unspecified atom stereocenters. The molecule has 0 aromatic carbocycles. The summed E-state index contributed by atoms with van der Waals surface area (Å²) in [4.78, 5) is 19.9. The second-order valence-corrected chi connectivity index (χ2v) is 3.99. The van der Waals surface area contributed by atoms with Gasteiger partial charge in [-0.15, -0.1) is 12.4 Å². The molecule has 1 fully saturated rings. The van der Waals surface area contributed by atoms with Crippen LogP contribution in [0.1, 0.15) is 6.42 Å². The highest BCUT2D eigenvalue weighted by Gasteiger charge is 2.20. The minimum atomic E-state index is -0.382. The van der Waals surface area contributed by atoms with Crippen LogP contribution in [0.4, 0.5) is 4.79 Å². The summed E-state index contributed by atoms with van der Waals surface area (Å²) >= 11 is 0. The van der Waals surface area contributed by atoms with Crippen molar-refractivity contribution in [3.63, 3.8) is 0 Å². The van der Waals surface area contributed by atoms with E-state index in [4.69, 9.17) is 4.74 Å². The molecular weight excluding hydrogens is 256 g/mol. The SMILES string of the molecule is Cl.O=C(OC1CCNC1)n1ccc2cncnc21. The molecule has 0 saturated carbocycles. The molecule has 1 aliphatic heterocycles. The molecule has 7 heteroatoms. The van der Waals surface area contributed by atoms with Crippen molar-refractivity contribution in [2.75, 3.05) is 13.1 Å². The van der Waals surface area contributed by atoms with Gasteiger partial charge in [0.05, 0.1) is 0 Å². The van der Waals surface area contributed by atoms with Crippen molar-refractivity contribution < 1.29 is 9.53 Å². The number of rotatable bonds is 1. The molecule has 0 spiro atoms. The molecule has 2 aromatic heterocycles. The fraction of sp³-hybridized carbons (Fsp3) is 0.364. The highest BCUT2D eigenvalue weighted by Crippen LogP contribution is 2.13. The predicted molar refractivity (Wildman–Crippen MR) is 67.9 cm³/mol. The lowest BCUT2D eigenvalue weighted by Crippen LogP contribution is -2.23. The summed E-state index contributed by atoms with van der Waals surface area (Å²) in [5.74, 6) is 0. The molecule has 1 N–H and O–H groups in total. The van der Waals surface area contributed by atoms with Gasteiger partial charge in [-0.05, 0) is 19.0 Å². The topological polar surface area (TPSA) is 69.0 Å². The predicted octanol–water partition coefficient (Wildman–Crippen LogP) is 1.20. The van der Waals surface area contributed by atoms with E-state index in [2.05, 4.69) is 15.3 Å². The van der Waals surface area contributed by atoms with Gasteiger partial charge in [0.1, 0.15) is 12.4 Å². The maximum Gasteiger partial charge on any atom is 0.420 e. The number of hydrogen-bond acceptors (Lipinski definition) is 5. The third kappa shape index (κ3) is 2.30. The van der Waals surface area contributed by atoms with Gasteiger partial charge in [0.25, 0.3) is 0 Å². The first-order valence-corrected chi connectivity index (χ1v) is 5.53. The molecule has 0 aliphatic carbocycles. The van der Waals surface area contributed by atoms with E-state index in [-0.39, 0.29) is 24.6 Å². The highest BCUT2D eigenvalue weighted by atomic mass is 35.5. The van der Waals surface area contributed by atoms with E-state index in [0.29, 0.717) is 5.65 Å².